The first-order chi connectivity index (χ1) is 13.0. The van der Waals surface area contributed by atoms with Gasteiger partial charge in [-0.15, -0.1) is 0 Å². The van der Waals surface area contributed by atoms with E-state index in [1.807, 2.05) is 38.2 Å². The quantitative estimate of drug-likeness (QED) is 0.773. The summed E-state index contributed by atoms with van der Waals surface area (Å²) in [7, 11) is 0. The summed E-state index contributed by atoms with van der Waals surface area (Å²) in [5, 5.41) is 4.07. The van der Waals surface area contributed by atoms with Crippen molar-refractivity contribution in [2.45, 2.75) is 45.9 Å². The molecule has 0 saturated carbocycles. The summed E-state index contributed by atoms with van der Waals surface area (Å²) in [5.74, 6) is 0.831. The van der Waals surface area contributed by atoms with Crippen molar-refractivity contribution in [1.82, 2.24) is 24.8 Å². The van der Waals surface area contributed by atoms with Gasteiger partial charge in [-0.05, 0) is 32.9 Å². The molecular weight excluding hydrogens is 338 g/mol. The van der Waals surface area contributed by atoms with Crippen molar-refractivity contribution < 1.29 is 4.79 Å². The van der Waals surface area contributed by atoms with Crippen molar-refractivity contribution in [2.75, 3.05) is 6.54 Å². The van der Waals surface area contributed by atoms with E-state index in [1.54, 1.807) is 0 Å². The number of rotatable bonds is 4. The molecule has 0 saturated heterocycles. The van der Waals surface area contributed by atoms with Crippen LogP contribution in [0.4, 0.5) is 0 Å². The number of nitrogens with one attached hydrogen (secondary N) is 1. The van der Waals surface area contributed by atoms with Crippen molar-refractivity contribution in [1.29, 1.82) is 0 Å². The fraction of sp³-hybridized carbons (Fsp3) is 0.381. The van der Waals surface area contributed by atoms with Gasteiger partial charge in [-0.3, -0.25) is 14.7 Å². The third kappa shape index (κ3) is 3.57. The number of carbonyl (C=O) groups is 1. The fourth-order valence-corrected chi connectivity index (χ4v) is 3.60. The summed E-state index contributed by atoms with van der Waals surface area (Å²) in [4.78, 5) is 24.0. The van der Waals surface area contributed by atoms with E-state index in [2.05, 4.69) is 44.9 Å². The molecule has 1 N–H and O–H groups in total. The lowest BCUT2D eigenvalue weighted by Gasteiger charge is -2.33. The molecule has 6 nitrogen and oxygen atoms in total. The minimum absolute atomic E-state index is 0.101. The maximum absolute atomic E-state index is 12.3. The smallest absolute Gasteiger partial charge is 0.271 e. The van der Waals surface area contributed by atoms with Gasteiger partial charge < -0.3 is 9.88 Å². The molecule has 1 aromatic carbocycles. The fourth-order valence-electron chi connectivity index (χ4n) is 3.60. The third-order valence-corrected chi connectivity index (χ3v) is 5.03. The SMILES string of the molecule is CC(C)NC(=O)c1cn2c(n1)[C@@H](C)N(Cc1ccc3ccccc3n1)CC2. The highest BCUT2D eigenvalue weighted by Gasteiger charge is 2.28. The van der Waals surface area contributed by atoms with E-state index >= 15 is 0 Å². The van der Waals surface area contributed by atoms with Crippen LogP contribution in [0, 0.1) is 0 Å². The molecule has 1 atom stereocenters. The summed E-state index contributed by atoms with van der Waals surface area (Å²) in [6, 6.07) is 12.6. The van der Waals surface area contributed by atoms with Crippen LogP contribution in [0.3, 0.4) is 0 Å². The first-order valence-electron chi connectivity index (χ1n) is 9.48. The Morgan fingerprint density at radius 2 is 2.00 bits per heavy atom. The van der Waals surface area contributed by atoms with E-state index in [1.165, 1.54) is 0 Å². The Hall–Kier alpha value is -2.73. The molecule has 27 heavy (non-hydrogen) atoms. The molecule has 140 valence electrons. The number of carbonyl (C=O) groups excluding carboxylic acids is 1. The minimum Gasteiger partial charge on any atom is -0.348 e. The number of hydrogen-bond donors (Lipinski definition) is 1. The molecule has 0 aliphatic carbocycles. The number of pyridine rings is 1. The van der Waals surface area contributed by atoms with E-state index in [0.29, 0.717) is 5.69 Å². The van der Waals surface area contributed by atoms with Crippen LogP contribution in [0.25, 0.3) is 10.9 Å². The van der Waals surface area contributed by atoms with Crippen LogP contribution >= 0.6 is 0 Å². The summed E-state index contributed by atoms with van der Waals surface area (Å²) >= 11 is 0. The van der Waals surface area contributed by atoms with Gasteiger partial charge >= 0.3 is 0 Å². The second-order valence-corrected chi connectivity index (χ2v) is 7.45. The Morgan fingerprint density at radius 1 is 1.19 bits per heavy atom. The molecule has 2 aromatic heterocycles. The van der Waals surface area contributed by atoms with Crippen LogP contribution in [-0.4, -0.2) is 37.9 Å². The van der Waals surface area contributed by atoms with E-state index in [-0.39, 0.29) is 18.0 Å². The molecule has 0 unspecified atom stereocenters. The van der Waals surface area contributed by atoms with Crippen LogP contribution in [-0.2, 0) is 13.1 Å². The first kappa shape index (κ1) is 17.7. The van der Waals surface area contributed by atoms with Crippen molar-refractivity contribution in [3.63, 3.8) is 0 Å². The van der Waals surface area contributed by atoms with Crippen LogP contribution in [0.2, 0.25) is 0 Å². The molecule has 4 rings (SSSR count). The Labute approximate surface area is 159 Å². The number of amides is 1. The van der Waals surface area contributed by atoms with Gasteiger partial charge in [0.15, 0.2) is 0 Å². The number of nitrogens with zero attached hydrogens (tertiary/aromatic N) is 4. The van der Waals surface area contributed by atoms with Gasteiger partial charge in [0.05, 0.1) is 17.3 Å². The summed E-state index contributed by atoms with van der Waals surface area (Å²) in [5.41, 5.74) is 2.57. The Bertz CT molecular complexity index is 978. The molecule has 0 bridgehead atoms. The Balaban J connectivity index is 1.53. The number of imidazole rings is 1. The van der Waals surface area contributed by atoms with Gasteiger partial charge in [0.2, 0.25) is 0 Å². The molecular formula is C21H25N5O. The standard InChI is InChI=1S/C21H25N5O/c1-14(2)22-21(27)19-13-26-11-10-25(15(3)20(26)24-19)12-17-9-8-16-6-4-5-7-18(16)23-17/h4-9,13-15H,10-12H2,1-3H3,(H,22,27)/t15-/m1/s1. The lowest BCUT2D eigenvalue weighted by atomic mass is 10.1. The zero-order chi connectivity index (χ0) is 19.0. The molecule has 0 fully saturated rings. The summed E-state index contributed by atoms with van der Waals surface area (Å²) in [6.45, 7) is 8.55. The monoisotopic (exact) mass is 363 g/mol. The van der Waals surface area contributed by atoms with E-state index in [0.717, 1.165) is 42.1 Å². The molecule has 1 aliphatic rings. The number of hydrogen-bond acceptors (Lipinski definition) is 4. The molecule has 1 aliphatic heterocycles. The third-order valence-electron chi connectivity index (χ3n) is 5.03. The maximum atomic E-state index is 12.3. The van der Waals surface area contributed by atoms with E-state index < -0.39 is 0 Å². The number of para-hydroxylation sites is 1. The van der Waals surface area contributed by atoms with Crippen molar-refractivity contribution in [3.05, 3.63) is 59.8 Å². The van der Waals surface area contributed by atoms with Crippen molar-refractivity contribution in [2.24, 2.45) is 0 Å². The Kier molecular flexibility index (Phi) is 4.66. The molecule has 0 radical (unpaired) electrons. The normalized spacial score (nSPS) is 17.3. The highest BCUT2D eigenvalue weighted by molar-refractivity contribution is 5.92. The number of fused-ring (bicyclic) bond motifs is 2. The van der Waals surface area contributed by atoms with Crippen LogP contribution in [0.1, 0.15) is 48.8 Å². The lowest BCUT2D eigenvalue weighted by molar-refractivity contribution is 0.0938. The number of benzene rings is 1. The largest absolute Gasteiger partial charge is 0.348 e. The van der Waals surface area contributed by atoms with Gasteiger partial charge in [-0.1, -0.05) is 24.3 Å². The van der Waals surface area contributed by atoms with E-state index in [9.17, 15) is 4.79 Å². The topological polar surface area (TPSA) is 63.1 Å². The van der Waals surface area contributed by atoms with Gasteiger partial charge in [-0.25, -0.2) is 4.98 Å². The van der Waals surface area contributed by atoms with Gasteiger partial charge in [0, 0.05) is 37.3 Å². The predicted molar refractivity (Wildman–Crippen MR) is 105 cm³/mol. The van der Waals surface area contributed by atoms with Crippen molar-refractivity contribution in [3.8, 4) is 0 Å². The van der Waals surface area contributed by atoms with Gasteiger partial charge in [-0.2, -0.15) is 0 Å². The van der Waals surface area contributed by atoms with Crippen molar-refractivity contribution >= 4 is 16.8 Å². The molecule has 3 aromatic rings. The van der Waals surface area contributed by atoms with Crippen LogP contribution < -0.4 is 5.32 Å². The van der Waals surface area contributed by atoms with Crippen LogP contribution in [0.5, 0.6) is 0 Å². The second-order valence-electron chi connectivity index (χ2n) is 7.45. The lowest BCUT2D eigenvalue weighted by Crippen LogP contribution is -2.36. The molecule has 1 amide bonds. The average molecular weight is 363 g/mol. The minimum atomic E-state index is -0.109. The highest BCUT2D eigenvalue weighted by Crippen LogP contribution is 2.26. The Morgan fingerprint density at radius 3 is 2.81 bits per heavy atom. The molecule has 3 heterocycles. The zero-order valence-corrected chi connectivity index (χ0v) is 16.0. The molecule has 0 spiro atoms. The second kappa shape index (κ2) is 7.12. The zero-order valence-electron chi connectivity index (χ0n) is 16.0. The first-order valence-corrected chi connectivity index (χ1v) is 9.48. The van der Waals surface area contributed by atoms with Gasteiger partial charge in [0.1, 0.15) is 11.5 Å². The summed E-state index contributed by atoms with van der Waals surface area (Å²) in [6.07, 6.45) is 1.87. The van der Waals surface area contributed by atoms with E-state index in [4.69, 9.17) is 4.98 Å². The number of aromatic nitrogens is 3. The molecule has 6 heteroatoms. The maximum Gasteiger partial charge on any atom is 0.271 e. The van der Waals surface area contributed by atoms with Crippen LogP contribution in [0.15, 0.2) is 42.6 Å². The average Bonchev–Trinajstić information content (AvgIpc) is 3.09. The summed E-state index contributed by atoms with van der Waals surface area (Å²) < 4.78 is 2.10. The highest BCUT2D eigenvalue weighted by atomic mass is 16.2. The van der Waals surface area contributed by atoms with Gasteiger partial charge in [0.25, 0.3) is 5.91 Å². The predicted octanol–water partition coefficient (Wildman–Crippen LogP) is 3.15.